The van der Waals surface area contributed by atoms with Crippen molar-refractivity contribution in [2.24, 2.45) is 0 Å². The van der Waals surface area contributed by atoms with Crippen molar-refractivity contribution in [2.75, 3.05) is 31.6 Å². The molecule has 3 heterocycles. The molecule has 0 bridgehead atoms. The molecular weight excluding hydrogens is 406 g/mol. The molecule has 166 valence electrons. The van der Waals surface area contributed by atoms with Crippen LogP contribution in [0.2, 0.25) is 0 Å². The molecule has 2 aliphatic heterocycles. The molecule has 3 atom stereocenters. The molecule has 0 aliphatic carbocycles. The highest BCUT2D eigenvalue weighted by molar-refractivity contribution is 7.98. The summed E-state index contributed by atoms with van der Waals surface area (Å²) in [6.07, 6.45) is 9.40. The summed E-state index contributed by atoms with van der Waals surface area (Å²) >= 11 is 1.56. The standard InChI is InChI=1S/C20H31N5O4S/c1-30-9-6-16(20(28)29)23-19(27)17-5-3-7-24(17)12-15-4-2-8-25(15)18(26)10-14-11-21-13-22-14/h11,13,15-17H,2-10,12H2,1H3,(H,21,22)(H,23,27)(H,28,29)/t15-,16-,17-/m0/s1. The average molecular weight is 438 g/mol. The Balaban J connectivity index is 1.57. The number of aliphatic carboxylic acids is 1. The van der Waals surface area contributed by atoms with Crippen molar-refractivity contribution < 1.29 is 19.5 Å². The summed E-state index contributed by atoms with van der Waals surface area (Å²) in [5, 5.41) is 12.1. The van der Waals surface area contributed by atoms with E-state index in [1.807, 2.05) is 11.2 Å². The van der Waals surface area contributed by atoms with Gasteiger partial charge in [-0.2, -0.15) is 11.8 Å². The van der Waals surface area contributed by atoms with Gasteiger partial charge in [-0.05, 0) is 50.7 Å². The summed E-state index contributed by atoms with van der Waals surface area (Å²) < 4.78 is 0. The zero-order valence-electron chi connectivity index (χ0n) is 17.4. The van der Waals surface area contributed by atoms with Gasteiger partial charge in [0.25, 0.3) is 0 Å². The SMILES string of the molecule is CSCC[C@H](NC(=O)[C@@H]1CCCN1C[C@@H]1CCCN1C(=O)Cc1c[nH]cn1)C(=O)O. The van der Waals surface area contributed by atoms with Crippen LogP contribution in [-0.4, -0.2) is 92.4 Å². The maximum Gasteiger partial charge on any atom is 0.326 e. The van der Waals surface area contributed by atoms with E-state index < -0.39 is 12.0 Å². The molecule has 2 saturated heterocycles. The monoisotopic (exact) mass is 437 g/mol. The van der Waals surface area contributed by atoms with Crippen molar-refractivity contribution in [3.8, 4) is 0 Å². The van der Waals surface area contributed by atoms with E-state index >= 15 is 0 Å². The number of thioether (sulfide) groups is 1. The summed E-state index contributed by atoms with van der Waals surface area (Å²) in [7, 11) is 0. The van der Waals surface area contributed by atoms with Gasteiger partial charge in [0.2, 0.25) is 11.8 Å². The van der Waals surface area contributed by atoms with Crippen LogP contribution in [0.15, 0.2) is 12.5 Å². The van der Waals surface area contributed by atoms with Gasteiger partial charge in [0, 0.05) is 25.3 Å². The van der Waals surface area contributed by atoms with E-state index in [1.165, 1.54) is 0 Å². The highest BCUT2D eigenvalue weighted by Gasteiger charge is 2.37. The highest BCUT2D eigenvalue weighted by atomic mass is 32.2. The molecule has 30 heavy (non-hydrogen) atoms. The number of amides is 2. The van der Waals surface area contributed by atoms with Crippen molar-refractivity contribution >= 4 is 29.5 Å². The van der Waals surface area contributed by atoms with Gasteiger partial charge in [0.05, 0.1) is 24.5 Å². The third kappa shape index (κ3) is 5.75. The largest absolute Gasteiger partial charge is 0.480 e. The minimum Gasteiger partial charge on any atom is -0.480 e. The van der Waals surface area contributed by atoms with E-state index in [0.717, 1.165) is 38.0 Å². The lowest BCUT2D eigenvalue weighted by atomic mass is 10.1. The van der Waals surface area contributed by atoms with Crippen molar-refractivity contribution in [3.63, 3.8) is 0 Å². The molecule has 2 fully saturated rings. The molecular formula is C20H31N5O4S. The summed E-state index contributed by atoms with van der Waals surface area (Å²) in [5.41, 5.74) is 0.731. The Labute approximate surface area is 181 Å². The topological polar surface area (TPSA) is 119 Å². The van der Waals surface area contributed by atoms with Crippen LogP contribution in [0.5, 0.6) is 0 Å². The van der Waals surface area contributed by atoms with E-state index in [2.05, 4.69) is 20.2 Å². The number of H-pyrrole nitrogens is 1. The van der Waals surface area contributed by atoms with Gasteiger partial charge >= 0.3 is 5.97 Å². The molecule has 2 amide bonds. The number of nitrogens with zero attached hydrogens (tertiary/aromatic N) is 3. The number of nitrogens with one attached hydrogen (secondary N) is 2. The van der Waals surface area contributed by atoms with Crippen molar-refractivity contribution in [2.45, 2.75) is 56.7 Å². The third-order valence-corrected chi connectivity index (χ3v) is 6.57. The van der Waals surface area contributed by atoms with Crippen LogP contribution in [0.3, 0.4) is 0 Å². The molecule has 0 unspecified atom stereocenters. The molecule has 10 heteroatoms. The lowest BCUT2D eigenvalue weighted by molar-refractivity contribution is -0.142. The Bertz CT molecular complexity index is 729. The fourth-order valence-electron chi connectivity index (χ4n) is 4.37. The van der Waals surface area contributed by atoms with Gasteiger partial charge < -0.3 is 20.3 Å². The first-order chi connectivity index (χ1) is 14.5. The van der Waals surface area contributed by atoms with E-state index in [4.69, 9.17) is 0 Å². The number of carbonyl (C=O) groups is 3. The van der Waals surface area contributed by atoms with Crippen LogP contribution in [0.25, 0.3) is 0 Å². The van der Waals surface area contributed by atoms with Gasteiger partial charge in [-0.25, -0.2) is 9.78 Å². The number of rotatable bonds is 10. The number of aromatic nitrogens is 2. The lowest BCUT2D eigenvalue weighted by Crippen LogP contribution is -2.52. The summed E-state index contributed by atoms with van der Waals surface area (Å²) in [6.45, 7) is 2.17. The summed E-state index contributed by atoms with van der Waals surface area (Å²) in [4.78, 5) is 48.1. The minimum atomic E-state index is -0.993. The van der Waals surface area contributed by atoms with Crippen molar-refractivity contribution in [3.05, 3.63) is 18.2 Å². The fraction of sp³-hybridized carbons (Fsp3) is 0.700. The number of hydrogen-bond donors (Lipinski definition) is 3. The third-order valence-electron chi connectivity index (χ3n) is 5.92. The Hall–Kier alpha value is -2.07. The second kappa shape index (κ2) is 10.8. The molecule has 0 aromatic carbocycles. The van der Waals surface area contributed by atoms with E-state index in [-0.39, 0.29) is 30.3 Å². The molecule has 9 nitrogen and oxygen atoms in total. The Morgan fingerprint density at radius 3 is 2.83 bits per heavy atom. The highest BCUT2D eigenvalue weighted by Crippen LogP contribution is 2.24. The zero-order chi connectivity index (χ0) is 21.5. The van der Waals surface area contributed by atoms with Crippen molar-refractivity contribution in [1.29, 1.82) is 0 Å². The number of carboxylic acid groups (broad SMARTS) is 1. The van der Waals surface area contributed by atoms with E-state index in [9.17, 15) is 19.5 Å². The zero-order valence-corrected chi connectivity index (χ0v) is 18.2. The van der Waals surface area contributed by atoms with Crippen LogP contribution in [-0.2, 0) is 20.8 Å². The van der Waals surface area contributed by atoms with Crippen LogP contribution >= 0.6 is 11.8 Å². The van der Waals surface area contributed by atoms with Crippen LogP contribution in [0, 0.1) is 0 Å². The molecule has 1 aromatic heterocycles. The number of carbonyl (C=O) groups excluding carboxylic acids is 2. The number of carboxylic acids is 1. The molecule has 0 radical (unpaired) electrons. The molecule has 0 saturated carbocycles. The molecule has 3 N–H and O–H groups in total. The van der Waals surface area contributed by atoms with Crippen LogP contribution in [0.1, 0.15) is 37.8 Å². The van der Waals surface area contributed by atoms with E-state index in [1.54, 1.807) is 24.3 Å². The lowest BCUT2D eigenvalue weighted by Gasteiger charge is -2.31. The smallest absolute Gasteiger partial charge is 0.326 e. The predicted octanol–water partition coefficient (Wildman–Crippen LogP) is 0.730. The number of likely N-dealkylation sites (tertiary alicyclic amines) is 2. The quantitative estimate of drug-likeness (QED) is 0.494. The van der Waals surface area contributed by atoms with E-state index in [0.29, 0.717) is 25.1 Å². The van der Waals surface area contributed by atoms with Gasteiger partial charge in [-0.3, -0.25) is 14.5 Å². The number of imidazole rings is 1. The van der Waals surface area contributed by atoms with Gasteiger partial charge in [-0.1, -0.05) is 0 Å². The Morgan fingerprint density at radius 1 is 1.33 bits per heavy atom. The second-order valence-corrected chi connectivity index (χ2v) is 8.94. The first-order valence-corrected chi connectivity index (χ1v) is 11.9. The minimum absolute atomic E-state index is 0.0628. The Kier molecular flexibility index (Phi) is 8.15. The Morgan fingerprint density at radius 2 is 2.13 bits per heavy atom. The number of aromatic amines is 1. The molecule has 1 aromatic rings. The first-order valence-electron chi connectivity index (χ1n) is 10.5. The fourth-order valence-corrected chi connectivity index (χ4v) is 4.84. The van der Waals surface area contributed by atoms with Crippen molar-refractivity contribution in [1.82, 2.24) is 25.1 Å². The summed E-state index contributed by atoms with van der Waals surface area (Å²) in [5.74, 6) is -0.463. The van der Waals surface area contributed by atoms with Gasteiger partial charge in [0.1, 0.15) is 6.04 Å². The maximum atomic E-state index is 12.8. The molecule has 3 rings (SSSR count). The molecule has 0 spiro atoms. The summed E-state index contributed by atoms with van der Waals surface area (Å²) in [6, 6.07) is -1.10. The van der Waals surface area contributed by atoms with Crippen LogP contribution in [0.4, 0.5) is 0 Å². The average Bonchev–Trinajstić information content (AvgIpc) is 3.47. The maximum absolute atomic E-state index is 12.8. The van der Waals surface area contributed by atoms with Gasteiger partial charge in [-0.15, -0.1) is 0 Å². The van der Waals surface area contributed by atoms with Crippen LogP contribution < -0.4 is 5.32 Å². The predicted molar refractivity (Wildman–Crippen MR) is 114 cm³/mol. The molecule has 2 aliphatic rings. The normalized spacial score (nSPS) is 22.9. The first kappa shape index (κ1) is 22.6. The second-order valence-electron chi connectivity index (χ2n) is 7.95. The number of hydrogen-bond acceptors (Lipinski definition) is 6. The van der Waals surface area contributed by atoms with Gasteiger partial charge in [0.15, 0.2) is 0 Å².